The third-order valence-electron chi connectivity index (χ3n) is 4.04. The molecule has 1 aromatic heterocycles. The van der Waals surface area contributed by atoms with Gasteiger partial charge in [-0.3, -0.25) is 4.79 Å². The summed E-state index contributed by atoms with van der Waals surface area (Å²) in [4.78, 5) is 15.8. The summed E-state index contributed by atoms with van der Waals surface area (Å²) in [6, 6.07) is 9.68. The lowest BCUT2D eigenvalue weighted by Gasteiger charge is -2.24. The number of nitrogens with one attached hydrogen (secondary N) is 1. The minimum absolute atomic E-state index is 0.0999. The summed E-state index contributed by atoms with van der Waals surface area (Å²) in [5.74, 6) is 0.779. The van der Waals surface area contributed by atoms with E-state index in [1.807, 2.05) is 11.0 Å². The number of likely N-dealkylation sites (tertiary alicyclic amines) is 1. The van der Waals surface area contributed by atoms with Crippen LogP contribution in [0.1, 0.15) is 23.8 Å². The Hall–Kier alpha value is -1.72. The standard InChI is InChI=1S/C17H19ClN2O2S/c1-22-15-7-6-12(18)10-13(15)19-11-17(21)20-8-2-4-14(20)16-5-3-9-23-16/h3,5-7,9-10,14,19H,2,4,8,11H2,1H3. The summed E-state index contributed by atoms with van der Waals surface area (Å²) in [7, 11) is 1.60. The van der Waals surface area contributed by atoms with Gasteiger partial charge in [0.05, 0.1) is 25.4 Å². The average molecular weight is 351 g/mol. The van der Waals surface area contributed by atoms with Crippen LogP contribution in [0.2, 0.25) is 5.02 Å². The fourth-order valence-electron chi connectivity index (χ4n) is 2.93. The van der Waals surface area contributed by atoms with E-state index < -0.39 is 0 Å². The summed E-state index contributed by atoms with van der Waals surface area (Å²) in [5, 5.41) is 5.82. The zero-order valence-corrected chi connectivity index (χ0v) is 14.5. The Morgan fingerprint density at radius 3 is 3.09 bits per heavy atom. The van der Waals surface area contributed by atoms with Crippen molar-refractivity contribution in [2.75, 3.05) is 25.5 Å². The number of thiophene rings is 1. The topological polar surface area (TPSA) is 41.6 Å². The number of hydrogen-bond acceptors (Lipinski definition) is 4. The number of carbonyl (C=O) groups excluding carboxylic acids is 1. The predicted octanol–water partition coefficient (Wildman–Crippen LogP) is 4.19. The van der Waals surface area contributed by atoms with Gasteiger partial charge in [-0.25, -0.2) is 0 Å². The van der Waals surface area contributed by atoms with Crippen LogP contribution in [0.3, 0.4) is 0 Å². The zero-order valence-electron chi connectivity index (χ0n) is 12.9. The first-order chi connectivity index (χ1) is 11.2. The highest BCUT2D eigenvalue weighted by molar-refractivity contribution is 7.10. The van der Waals surface area contributed by atoms with Gasteiger partial charge in [-0.15, -0.1) is 11.3 Å². The number of methoxy groups -OCH3 is 1. The van der Waals surface area contributed by atoms with Gasteiger partial charge in [0.25, 0.3) is 0 Å². The third kappa shape index (κ3) is 3.62. The molecule has 2 aromatic rings. The number of anilines is 1. The van der Waals surface area contributed by atoms with Gasteiger partial charge in [-0.1, -0.05) is 17.7 Å². The van der Waals surface area contributed by atoms with E-state index in [0.29, 0.717) is 10.8 Å². The van der Waals surface area contributed by atoms with Crippen LogP contribution in [-0.2, 0) is 4.79 Å². The third-order valence-corrected chi connectivity index (χ3v) is 5.24. The molecule has 1 amide bonds. The Balaban J connectivity index is 1.66. The Morgan fingerprint density at radius 1 is 1.48 bits per heavy atom. The van der Waals surface area contributed by atoms with Crippen LogP contribution in [0.4, 0.5) is 5.69 Å². The molecule has 6 heteroatoms. The lowest BCUT2D eigenvalue weighted by atomic mass is 10.2. The van der Waals surface area contributed by atoms with Crippen LogP contribution in [0.5, 0.6) is 5.75 Å². The number of ether oxygens (including phenoxy) is 1. The maximum absolute atomic E-state index is 12.6. The highest BCUT2D eigenvalue weighted by Crippen LogP contribution is 2.34. The van der Waals surface area contributed by atoms with Gasteiger partial charge in [0.2, 0.25) is 5.91 Å². The highest BCUT2D eigenvalue weighted by Gasteiger charge is 2.30. The lowest BCUT2D eigenvalue weighted by molar-refractivity contribution is -0.130. The molecule has 4 nitrogen and oxygen atoms in total. The molecule has 1 aliphatic heterocycles. The molecule has 0 aliphatic carbocycles. The van der Waals surface area contributed by atoms with Crippen LogP contribution in [0.25, 0.3) is 0 Å². The molecule has 1 fully saturated rings. The maximum atomic E-state index is 12.6. The molecule has 23 heavy (non-hydrogen) atoms. The van der Waals surface area contributed by atoms with Crippen molar-refractivity contribution >= 4 is 34.5 Å². The van der Waals surface area contributed by atoms with Crippen LogP contribution in [0.15, 0.2) is 35.7 Å². The fourth-order valence-corrected chi connectivity index (χ4v) is 3.98. The van der Waals surface area contributed by atoms with E-state index >= 15 is 0 Å². The Kier molecular flexibility index (Phi) is 5.08. The normalized spacial score (nSPS) is 17.3. The molecular formula is C17H19ClN2O2S. The van der Waals surface area contributed by atoms with Crippen LogP contribution in [0, 0.1) is 0 Å². The minimum Gasteiger partial charge on any atom is -0.495 e. The van der Waals surface area contributed by atoms with E-state index in [1.165, 1.54) is 4.88 Å². The molecule has 1 N–H and O–H groups in total. The van der Waals surface area contributed by atoms with Gasteiger partial charge >= 0.3 is 0 Å². The van der Waals surface area contributed by atoms with E-state index in [-0.39, 0.29) is 18.5 Å². The van der Waals surface area contributed by atoms with Crippen molar-refractivity contribution < 1.29 is 9.53 Å². The number of rotatable bonds is 5. The first-order valence-corrected chi connectivity index (χ1v) is 8.85. The molecule has 1 aromatic carbocycles. The van der Waals surface area contributed by atoms with Crippen molar-refractivity contribution in [3.05, 3.63) is 45.6 Å². The number of benzene rings is 1. The monoisotopic (exact) mass is 350 g/mol. The second-order valence-electron chi connectivity index (χ2n) is 5.46. The lowest BCUT2D eigenvalue weighted by Crippen LogP contribution is -2.34. The largest absolute Gasteiger partial charge is 0.495 e. The predicted molar refractivity (Wildman–Crippen MR) is 94.5 cm³/mol. The van der Waals surface area contributed by atoms with E-state index in [4.69, 9.17) is 16.3 Å². The van der Waals surface area contributed by atoms with Crippen molar-refractivity contribution in [3.63, 3.8) is 0 Å². The highest BCUT2D eigenvalue weighted by atomic mass is 35.5. The molecule has 3 rings (SSSR count). The summed E-state index contributed by atoms with van der Waals surface area (Å²) in [6.45, 7) is 1.05. The van der Waals surface area contributed by atoms with Crippen LogP contribution < -0.4 is 10.1 Å². The van der Waals surface area contributed by atoms with Crippen molar-refractivity contribution in [2.45, 2.75) is 18.9 Å². The van der Waals surface area contributed by atoms with E-state index in [2.05, 4.69) is 16.8 Å². The Labute approximate surface area is 145 Å². The van der Waals surface area contributed by atoms with Gasteiger partial charge in [0.15, 0.2) is 0 Å². The average Bonchev–Trinajstić information content (AvgIpc) is 3.23. The van der Waals surface area contributed by atoms with Gasteiger partial charge < -0.3 is 15.0 Å². The van der Waals surface area contributed by atoms with Gasteiger partial charge in [-0.05, 0) is 42.5 Å². The van der Waals surface area contributed by atoms with Crippen molar-refractivity contribution in [1.82, 2.24) is 4.90 Å². The van der Waals surface area contributed by atoms with E-state index in [0.717, 1.165) is 25.1 Å². The molecule has 0 bridgehead atoms. The van der Waals surface area contributed by atoms with Gasteiger partial charge in [-0.2, -0.15) is 0 Å². The second-order valence-corrected chi connectivity index (χ2v) is 6.87. The number of amides is 1. The number of hydrogen-bond donors (Lipinski definition) is 1. The summed E-state index contributed by atoms with van der Waals surface area (Å²) < 4.78 is 5.29. The quantitative estimate of drug-likeness (QED) is 0.879. The molecule has 1 unspecified atom stereocenters. The molecule has 0 spiro atoms. The zero-order chi connectivity index (χ0) is 16.2. The summed E-state index contributed by atoms with van der Waals surface area (Å²) in [6.07, 6.45) is 2.08. The van der Waals surface area contributed by atoms with E-state index in [9.17, 15) is 4.79 Å². The first kappa shape index (κ1) is 16.1. The second kappa shape index (κ2) is 7.23. The number of carbonyl (C=O) groups is 1. The molecule has 1 atom stereocenters. The maximum Gasteiger partial charge on any atom is 0.242 e. The van der Waals surface area contributed by atoms with Crippen molar-refractivity contribution in [3.8, 4) is 5.75 Å². The molecule has 1 aliphatic rings. The van der Waals surface area contributed by atoms with Crippen LogP contribution >= 0.6 is 22.9 Å². The molecule has 0 saturated carbocycles. The molecular weight excluding hydrogens is 332 g/mol. The van der Waals surface area contributed by atoms with Crippen molar-refractivity contribution in [2.24, 2.45) is 0 Å². The van der Waals surface area contributed by atoms with Gasteiger partial charge in [0.1, 0.15) is 5.75 Å². The Morgan fingerprint density at radius 2 is 2.35 bits per heavy atom. The van der Waals surface area contributed by atoms with Crippen molar-refractivity contribution in [1.29, 1.82) is 0 Å². The number of nitrogens with zero attached hydrogens (tertiary/aromatic N) is 1. The fraction of sp³-hybridized carbons (Fsp3) is 0.353. The Bertz CT molecular complexity index is 675. The number of halogens is 1. The van der Waals surface area contributed by atoms with Crippen LogP contribution in [-0.4, -0.2) is 31.0 Å². The SMILES string of the molecule is COc1ccc(Cl)cc1NCC(=O)N1CCCC1c1cccs1. The first-order valence-electron chi connectivity index (χ1n) is 7.59. The summed E-state index contributed by atoms with van der Waals surface area (Å²) in [5.41, 5.74) is 0.736. The molecule has 1 saturated heterocycles. The van der Waals surface area contributed by atoms with Gasteiger partial charge in [0, 0.05) is 16.4 Å². The molecule has 2 heterocycles. The molecule has 0 radical (unpaired) electrons. The minimum atomic E-state index is 0.0999. The van der Waals surface area contributed by atoms with E-state index in [1.54, 1.807) is 36.6 Å². The smallest absolute Gasteiger partial charge is 0.242 e. The summed E-state index contributed by atoms with van der Waals surface area (Å²) >= 11 is 7.73. The molecule has 122 valence electrons.